The number of carbonyl (C=O) groups is 2. The average Bonchev–Trinajstić information content (AvgIpc) is 2.35. The third kappa shape index (κ3) is 4.75. The Labute approximate surface area is 112 Å². The van der Waals surface area contributed by atoms with E-state index in [-0.39, 0.29) is 5.56 Å². The Hall–Kier alpha value is -2.31. The van der Waals surface area contributed by atoms with Crippen molar-refractivity contribution in [1.29, 1.82) is 0 Å². The summed E-state index contributed by atoms with van der Waals surface area (Å²) in [6, 6.07) is 4.54. The topological polar surface area (TPSA) is 66.4 Å². The van der Waals surface area contributed by atoms with Crippen LogP contribution >= 0.6 is 0 Å². The molecule has 20 heavy (non-hydrogen) atoms. The highest BCUT2D eigenvalue weighted by molar-refractivity contribution is 5.96. The van der Waals surface area contributed by atoms with Crippen molar-refractivity contribution in [2.75, 3.05) is 6.54 Å². The number of hydrogen-bond donors (Lipinski definition) is 2. The normalized spacial score (nSPS) is 12.1. The molecule has 2 N–H and O–H groups in total. The summed E-state index contributed by atoms with van der Waals surface area (Å²) < 4.78 is 37.6. The third-order valence-electron chi connectivity index (χ3n) is 2.41. The van der Waals surface area contributed by atoms with Crippen molar-refractivity contribution < 1.29 is 27.9 Å². The van der Waals surface area contributed by atoms with Crippen LogP contribution in [-0.4, -0.2) is 23.5 Å². The summed E-state index contributed by atoms with van der Waals surface area (Å²) in [5, 5.41) is 10.5. The molecule has 1 aromatic rings. The summed E-state index contributed by atoms with van der Waals surface area (Å²) in [5.41, 5.74) is -0.266. The Kier molecular flexibility index (Phi) is 4.90. The quantitative estimate of drug-likeness (QED) is 0.835. The van der Waals surface area contributed by atoms with E-state index in [4.69, 9.17) is 5.11 Å². The number of amides is 1. The van der Waals surface area contributed by atoms with Gasteiger partial charge in [0.1, 0.15) is 6.54 Å². The van der Waals surface area contributed by atoms with E-state index in [1.165, 1.54) is 19.1 Å². The summed E-state index contributed by atoms with van der Waals surface area (Å²) in [5.74, 6) is -1.88. The van der Waals surface area contributed by atoms with Gasteiger partial charge in [0, 0.05) is 6.08 Å². The van der Waals surface area contributed by atoms with Crippen molar-refractivity contribution in [3.63, 3.8) is 0 Å². The lowest BCUT2D eigenvalue weighted by Crippen LogP contribution is -2.27. The van der Waals surface area contributed by atoms with Gasteiger partial charge in [-0.3, -0.25) is 9.59 Å². The first-order valence-corrected chi connectivity index (χ1v) is 5.55. The highest BCUT2D eigenvalue weighted by Gasteiger charge is 2.30. The lowest BCUT2D eigenvalue weighted by atomic mass is 10.0. The number of alkyl halides is 3. The van der Waals surface area contributed by atoms with E-state index in [9.17, 15) is 22.8 Å². The highest BCUT2D eigenvalue weighted by atomic mass is 19.4. The lowest BCUT2D eigenvalue weighted by Gasteiger charge is -2.09. The van der Waals surface area contributed by atoms with Gasteiger partial charge in [0.2, 0.25) is 5.91 Å². The van der Waals surface area contributed by atoms with Crippen LogP contribution in [0.2, 0.25) is 0 Å². The maximum atomic E-state index is 12.5. The van der Waals surface area contributed by atoms with E-state index < -0.39 is 30.2 Å². The van der Waals surface area contributed by atoms with Gasteiger partial charge in [-0.2, -0.15) is 13.2 Å². The van der Waals surface area contributed by atoms with Crippen LogP contribution in [0.3, 0.4) is 0 Å². The zero-order chi connectivity index (χ0) is 15.3. The molecular weight excluding hydrogens is 275 g/mol. The Morgan fingerprint density at radius 2 is 2.00 bits per heavy atom. The predicted molar refractivity (Wildman–Crippen MR) is 65.7 cm³/mol. The molecule has 0 aliphatic heterocycles. The first-order chi connectivity index (χ1) is 9.20. The van der Waals surface area contributed by atoms with E-state index >= 15 is 0 Å². The molecule has 1 rings (SSSR count). The minimum absolute atomic E-state index is 0.241. The standard InChI is InChI=1S/C13H12F3NO3/c1-8(5-11(18)17-7-12(19)20)9-3-2-4-10(6-9)13(14,15)16/h2-6H,7H2,1H3,(H,17,18)(H,19,20)/b8-5-. The Morgan fingerprint density at radius 1 is 1.35 bits per heavy atom. The fraction of sp³-hybridized carbons (Fsp3) is 0.231. The first kappa shape index (κ1) is 15.7. The third-order valence-corrected chi connectivity index (χ3v) is 2.41. The number of aliphatic carboxylic acids is 1. The van der Waals surface area contributed by atoms with Gasteiger partial charge in [-0.25, -0.2) is 0 Å². The molecule has 0 atom stereocenters. The highest BCUT2D eigenvalue weighted by Crippen LogP contribution is 2.30. The minimum atomic E-state index is -4.46. The second-order valence-corrected chi connectivity index (χ2v) is 4.02. The molecule has 0 saturated heterocycles. The SMILES string of the molecule is C/C(=C/C(=O)NCC(=O)O)c1cccc(C(F)(F)F)c1. The monoisotopic (exact) mass is 287 g/mol. The number of allylic oxidation sites excluding steroid dienone is 1. The molecule has 1 amide bonds. The van der Waals surface area contributed by atoms with Gasteiger partial charge >= 0.3 is 12.1 Å². The largest absolute Gasteiger partial charge is 0.480 e. The molecule has 108 valence electrons. The molecule has 7 heteroatoms. The van der Waals surface area contributed by atoms with Crippen LogP contribution < -0.4 is 5.32 Å². The van der Waals surface area contributed by atoms with Gasteiger partial charge in [-0.05, 0) is 30.2 Å². The molecule has 0 unspecified atom stereocenters. The maximum absolute atomic E-state index is 12.5. The van der Waals surface area contributed by atoms with Crippen LogP contribution in [-0.2, 0) is 15.8 Å². The van der Waals surface area contributed by atoms with Crippen LogP contribution in [0.4, 0.5) is 13.2 Å². The van der Waals surface area contributed by atoms with Crippen LogP contribution in [0.5, 0.6) is 0 Å². The van der Waals surface area contributed by atoms with Gasteiger partial charge in [0.15, 0.2) is 0 Å². The van der Waals surface area contributed by atoms with Gasteiger partial charge in [-0.15, -0.1) is 0 Å². The van der Waals surface area contributed by atoms with Crippen molar-refractivity contribution in [3.05, 3.63) is 41.5 Å². The van der Waals surface area contributed by atoms with Crippen molar-refractivity contribution in [1.82, 2.24) is 5.32 Å². The molecule has 0 saturated carbocycles. The van der Waals surface area contributed by atoms with Gasteiger partial charge in [0.05, 0.1) is 5.56 Å². The van der Waals surface area contributed by atoms with Gasteiger partial charge in [-0.1, -0.05) is 12.1 Å². The van der Waals surface area contributed by atoms with Crippen LogP contribution in [0.15, 0.2) is 30.3 Å². The molecule has 0 spiro atoms. The molecule has 0 aliphatic carbocycles. The van der Waals surface area contributed by atoms with Crippen molar-refractivity contribution in [2.45, 2.75) is 13.1 Å². The van der Waals surface area contributed by atoms with E-state index in [2.05, 4.69) is 5.32 Å². The number of nitrogens with one attached hydrogen (secondary N) is 1. The maximum Gasteiger partial charge on any atom is 0.416 e. The van der Waals surface area contributed by atoms with E-state index in [0.29, 0.717) is 5.57 Å². The molecule has 0 fully saturated rings. The zero-order valence-corrected chi connectivity index (χ0v) is 10.5. The summed E-state index contributed by atoms with van der Waals surface area (Å²) in [6.45, 7) is 0.918. The van der Waals surface area contributed by atoms with Gasteiger partial charge < -0.3 is 10.4 Å². The molecular formula is C13H12F3NO3. The molecule has 4 nitrogen and oxygen atoms in total. The Morgan fingerprint density at radius 3 is 2.55 bits per heavy atom. The van der Waals surface area contributed by atoms with Gasteiger partial charge in [0.25, 0.3) is 0 Å². The van der Waals surface area contributed by atoms with Crippen LogP contribution in [0, 0.1) is 0 Å². The van der Waals surface area contributed by atoms with Crippen molar-refractivity contribution in [3.8, 4) is 0 Å². The first-order valence-electron chi connectivity index (χ1n) is 5.55. The van der Waals surface area contributed by atoms with E-state index in [1.807, 2.05) is 0 Å². The zero-order valence-electron chi connectivity index (χ0n) is 10.5. The van der Waals surface area contributed by atoms with Crippen LogP contribution in [0.25, 0.3) is 5.57 Å². The van der Waals surface area contributed by atoms with E-state index in [1.54, 1.807) is 0 Å². The molecule has 0 heterocycles. The summed E-state index contributed by atoms with van der Waals surface area (Å²) in [6.07, 6.45) is -3.40. The predicted octanol–water partition coefficient (Wildman–Crippen LogP) is 2.31. The number of carbonyl (C=O) groups excluding carboxylic acids is 1. The molecule has 0 radical (unpaired) electrons. The smallest absolute Gasteiger partial charge is 0.416 e. The number of halogens is 3. The summed E-state index contributed by atoms with van der Waals surface area (Å²) >= 11 is 0. The summed E-state index contributed by atoms with van der Waals surface area (Å²) in [7, 11) is 0. The number of rotatable bonds is 4. The summed E-state index contributed by atoms with van der Waals surface area (Å²) in [4.78, 5) is 21.6. The number of carboxylic acid groups (broad SMARTS) is 1. The van der Waals surface area contributed by atoms with Crippen LogP contribution in [0.1, 0.15) is 18.1 Å². The fourth-order valence-electron chi connectivity index (χ4n) is 1.43. The van der Waals surface area contributed by atoms with Crippen molar-refractivity contribution >= 4 is 17.4 Å². The van der Waals surface area contributed by atoms with Crippen molar-refractivity contribution in [2.24, 2.45) is 0 Å². The lowest BCUT2D eigenvalue weighted by molar-refractivity contribution is -0.138. The molecule has 0 aromatic heterocycles. The fourth-order valence-corrected chi connectivity index (χ4v) is 1.43. The minimum Gasteiger partial charge on any atom is -0.480 e. The Balaban J connectivity index is 2.89. The molecule has 1 aromatic carbocycles. The number of carboxylic acids is 1. The average molecular weight is 287 g/mol. The Bertz CT molecular complexity index is 550. The number of hydrogen-bond acceptors (Lipinski definition) is 2. The molecule has 0 bridgehead atoms. The number of benzene rings is 1. The molecule has 0 aliphatic rings. The second-order valence-electron chi connectivity index (χ2n) is 4.02. The van der Waals surface area contributed by atoms with E-state index in [0.717, 1.165) is 18.2 Å². The second kappa shape index (κ2) is 6.23.